The van der Waals surface area contributed by atoms with Crippen molar-refractivity contribution in [1.29, 1.82) is 5.26 Å². The molecule has 1 aromatic rings. The maximum atomic E-state index is 11.6. The molecule has 0 saturated carbocycles. The predicted molar refractivity (Wildman–Crippen MR) is 64.5 cm³/mol. The number of nitriles is 1. The summed E-state index contributed by atoms with van der Waals surface area (Å²) < 4.78 is 0. The van der Waals surface area contributed by atoms with E-state index in [4.69, 9.17) is 28.5 Å². The molecule has 0 bridgehead atoms. The first-order chi connectivity index (χ1) is 7.54. The summed E-state index contributed by atoms with van der Waals surface area (Å²) in [5.41, 5.74) is 0.462. The van der Waals surface area contributed by atoms with Crippen LogP contribution in [0.1, 0.15) is 13.3 Å². The second-order valence-corrected chi connectivity index (χ2v) is 4.22. The van der Waals surface area contributed by atoms with Gasteiger partial charge in [-0.05, 0) is 18.2 Å². The number of halogens is 2. The Bertz CT molecular complexity index is 440. The largest absolute Gasteiger partial charge is 0.324 e. The standard InChI is InChI=1S/C11H10Cl2N2O/c1-7(4-5-14)11(16)15-10-6-8(12)2-3-9(10)13/h2-3,6-7H,4H2,1H3,(H,15,16). The Hall–Kier alpha value is -1.24. The van der Waals surface area contributed by atoms with Crippen LogP contribution in [0.4, 0.5) is 5.69 Å². The number of carbonyl (C=O) groups is 1. The Morgan fingerprint density at radius 1 is 1.56 bits per heavy atom. The average Bonchev–Trinajstić information content (AvgIpc) is 2.23. The quantitative estimate of drug-likeness (QED) is 0.901. The number of amides is 1. The summed E-state index contributed by atoms with van der Waals surface area (Å²) in [5.74, 6) is -0.620. The number of benzene rings is 1. The maximum Gasteiger partial charge on any atom is 0.228 e. The molecule has 0 heterocycles. The van der Waals surface area contributed by atoms with E-state index in [0.29, 0.717) is 15.7 Å². The minimum atomic E-state index is -0.375. The fraction of sp³-hybridized carbons (Fsp3) is 0.273. The van der Waals surface area contributed by atoms with Gasteiger partial charge < -0.3 is 5.32 Å². The first-order valence-corrected chi connectivity index (χ1v) is 5.43. The van der Waals surface area contributed by atoms with E-state index in [1.54, 1.807) is 25.1 Å². The van der Waals surface area contributed by atoms with Gasteiger partial charge >= 0.3 is 0 Å². The van der Waals surface area contributed by atoms with E-state index in [2.05, 4.69) is 5.32 Å². The lowest BCUT2D eigenvalue weighted by Crippen LogP contribution is -2.20. The number of hydrogen-bond donors (Lipinski definition) is 1. The molecule has 0 aliphatic heterocycles. The lowest BCUT2D eigenvalue weighted by atomic mass is 10.1. The van der Waals surface area contributed by atoms with Gasteiger partial charge in [-0.1, -0.05) is 30.1 Å². The van der Waals surface area contributed by atoms with Crippen molar-refractivity contribution >= 4 is 34.8 Å². The molecule has 0 aliphatic carbocycles. The predicted octanol–water partition coefficient (Wildman–Crippen LogP) is 3.48. The number of hydrogen-bond acceptors (Lipinski definition) is 2. The van der Waals surface area contributed by atoms with Crippen LogP contribution in [-0.2, 0) is 4.79 Å². The molecule has 1 atom stereocenters. The molecule has 1 aromatic carbocycles. The van der Waals surface area contributed by atoms with Gasteiger partial charge in [0.05, 0.1) is 16.8 Å². The highest BCUT2D eigenvalue weighted by molar-refractivity contribution is 6.35. The Balaban J connectivity index is 2.77. The molecule has 1 unspecified atom stereocenters. The van der Waals surface area contributed by atoms with Crippen molar-refractivity contribution in [2.45, 2.75) is 13.3 Å². The van der Waals surface area contributed by atoms with Gasteiger partial charge in [0.1, 0.15) is 0 Å². The molecule has 84 valence electrons. The van der Waals surface area contributed by atoms with Gasteiger partial charge in [-0.3, -0.25) is 4.79 Å². The van der Waals surface area contributed by atoms with Crippen LogP contribution in [0.25, 0.3) is 0 Å². The number of carbonyl (C=O) groups excluding carboxylic acids is 1. The van der Waals surface area contributed by atoms with Gasteiger partial charge in [-0.15, -0.1) is 0 Å². The van der Waals surface area contributed by atoms with Crippen LogP contribution in [0.15, 0.2) is 18.2 Å². The summed E-state index contributed by atoms with van der Waals surface area (Å²) in [5, 5.41) is 12.0. The second-order valence-electron chi connectivity index (χ2n) is 3.38. The molecule has 1 amide bonds. The lowest BCUT2D eigenvalue weighted by molar-refractivity contribution is -0.119. The minimum Gasteiger partial charge on any atom is -0.324 e. The molecule has 0 aliphatic rings. The lowest BCUT2D eigenvalue weighted by Gasteiger charge is -2.10. The fourth-order valence-corrected chi connectivity index (χ4v) is 1.42. The number of nitrogens with zero attached hydrogens (tertiary/aromatic N) is 1. The Morgan fingerprint density at radius 2 is 2.25 bits per heavy atom. The van der Waals surface area contributed by atoms with Gasteiger partial charge in [0.25, 0.3) is 0 Å². The van der Waals surface area contributed by atoms with Crippen molar-refractivity contribution in [3.63, 3.8) is 0 Å². The summed E-state index contributed by atoms with van der Waals surface area (Å²) in [6, 6.07) is 6.75. The summed E-state index contributed by atoms with van der Waals surface area (Å²) in [4.78, 5) is 11.6. The van der Waals surface area contributed by atoms with E-state index in [-0.39, 0.29) is 18.2 Å². The van der Waals surface area contributed by atoms with Crippen molar-refractivity contribution in [2.75, 3.05) is 5.32 Å². The van der Waals surface area contributed by atoms with Crippen LogP contribution in [0.3, 0.4) is 0 Å². The number of nitrogens with one attached hydrogen (secondary N) is 1. The number of rotatable bonds is 3. The molecule has 16 heavy (non-hydrogen) atoms. The van der Waals surface area contributed by atoms with Gasteiger partial charge in [-0.25, -0.2) is 0 Å². The third kappa shape index (κ3) is 3.41. The van der Waals surface area contributed by atoms with Crippen LogP contribution in [-0.4, -0.2) is 5.91 Å². The Kier molecular flexibility index (Phi) is 4.60. The van der Waals surface area contributed by atoms with Gasteiger partial charge in [-0.2, -0.15) is 5.26 Å². The molecule has 3 nitrogen and oxygen atoms in total. The van der Waals surface area contributed by atoms with Crippen molar-refractivity contribution in [2.24, 2.45) is 5.92 Å². The molecule has 1 rings (SSSR count). The molecular weight excluding hydrogens is 247 g/mol. The van der Waals surface area contributed by atoms with Crippen LogP contribution in [0.2, 0.25) is 10.0 Å². The van der Waals surface area contributed by atoms with E-state index in [0.717, 1.165) is 0 Å². The first kappa shape index (κ1) is 12.8. The van der Waals surface area contributed by atoms with Crippen LogP contribution in [0.5, 0.6) is 0 Å². The highest BCUT2D eigenvalue weighted by Crippen LogP contribution is 2.25. The highest BCUT2D eigenvalue weighted by Gasteiger charge is 2.13. The fourth-order valence-electron chi connectivity index (χ4n) is 1.08. The number of anilines is 1. The summed E-state index contributed by atoms with van der Waals surface area (Å²) >= 11 is 11.7. The molecule has 1 N–H and O–H groups in total. The van der Waals surface area contributed by atoms with Crippen LogP contribution >= 0.6 is 23.2 Å². The van der Waals surface area contributed by atoms with E-state index in [9.17, 15) is 4.79 Å². The molecule has 0 aromatic heterocycles. The molecule has 0 saturated heterocycles. The van der Waals surface area contributed by atoms with Crippen LogP contribution in [0, 0.1) is 17.2 Å². The van der Waals surface area contributed by atoms with E-state index >= 15 is 0 Å². The monoisotopic (exact) mass is 256 g/mol. The van der Waals surface area contributed by atoms with Gasteiger partial charge in [0.2, 0.25) is 5.91 Å². The average molecular weight is 257 g/mol. The summed E-state index contributed by atoms with van der Waals surface area (Å²) in [6.45, 7) is 1.68. The zero-order chi connectivity index (χ0) is 12.1. The van der Waals surface area contributed by atoms with Crippen molar-refractivity contribution < 1.29 is 4.79 Å². The van der Waals surface area contributed by atoms with Gasteiger partial charge in [0.15, 0.2) is 0 Å². The van der Waals surface area contributed by atoms with Crippen molar-refractivity contribution in [3.05, 3.63) is 28.2 Å². The van der Waals surface area contributed by atoms with E-state index in [1.807, 2.05) is 6.07 Å². The third-order valence-corrected chi connectivity index (χ3v) is 2.60. The summed E-state index contributed by atoms with van der Waals surface area (Å²) in [6.07, 6.45) is 0.171. The SMILES string of the molecule is CC(CC#N)C(=O)Nc1cc(Cl)ccc1Cl. The molecular formula is C11H10Cl2N2O. The normalized spacial score (nSPS) is 11.6. The second kappa shape index (κ2) is 5.74. The topological polar surface area (TPSA) is 52.9 Å². The zero-order valence-electron chi connectivity index (χ0n) is 8.63. The van der Waals surface area contributed by atoms with Crippen LogP contribution < -0.4 is 5.32 Å². The van der Waals surface area contributed by atoms with Gasteiger partial charge in [0, 0.05) is 17.4 Å². The van der Waals surface area contributed by atoms with E-state index in [1.165, 1.54) is 0 Å². The first-order valence-electron chi connectivity index (χ1n) is 4.67. The molecule has 5 heteroatoms. The zero-order valence-corrected chi connectivity index (χ0v) is 10.1. The Labute approximate surface area is 104 Å². The van der Waals surface area contributed by atoms with Crippen molar-refractivity contribution in [1.82, 2.24) is 0 Å². The smallest absolute Gasteiger partial charge is 0.228 e. The van der Waals surface area contributed by atoms with Crippen molar-refractivity contribution in [3.8, 4) is 6.07 Å². The molecule has 0 spiro atoms. The molecule has 0 fully saturated rings. The minimum absolute atomic E-state index is 0.171. The van der Waals surface area contributed by atoms with E-state index < -0.39 is 0 Å². The Morgan fingerprint density at radius 3 is 2.88 bits per heavy atom. The third-order valence-electron chi connectivity index (χ3n) is 2.03. The highest BCUT2D eigenvalue weighted by atomic mass is 35.5. The maximum absolute atomic E-state index is 11.6. The molecule has 0 radical (unpaired) electrons. The summed E-state index contributed by atoms with van der Waals surface area (Å²) in [7, 11) is 0.